The molecule has 0 spiro atoms. The van der Waals surface area contributed by atoms with Crippen LogP contribution < -0.4 is 14.8 Å². The van der Waals surface area contributed by atoms with Crippen molar-refractivity contribution in [3.8, 4) is 28.7 Å². The molecule has 0 heterocycles. The summed E-state index contributed by atoms with van der Waals surface area (Å²) in [6.45, 7) is 1.09. The first-order valence-corrected chi connectivity index (χ1v) is 12.1. The Balaban J connectivity index is 1.46. The number of ether oxygens (including phenoxy) is 1. The zero-order chi connectivity index (χ0) is 23.8. The van der Waals surface area contributed by atoms with E-state index in [-0.39, 0.29) is 18.0 Å². The summed E-state index contributed by atoms with van der Waals surface area (Å²) in [6.07, 6.45) is 0.0887. The topological polar surface area (TPSA) is 132 Å². The average molecular weight is 468 g/mol. The number of aliphatic hydroxyl groups excluding tert-OH is 1. The summed E-state index contributed by atoms with van der Waals surface area (Å²) in [6, 6.07) is 21.3. The lowest BCUT2D eigenvalue weighted by Gasteiger charge is -2.15. The van der Waals surface area contributed by atoms with Gasteiger partial charge >= 0.3 is 0 Å². The normalized spacial score (nSPS) is 12.0. The quantitative estimate of drug-likeness (QED) is 0.266. The molecule has 0 bridgehead atoms. The van der Waals surface area contributed by atoms with Crippen LogP contribution in [0.4, 0.5) is 5.69 Å². The van der Waals surface area contributed by atoms with Crippen molar-refractivity contribution in [2.24, 2.45) is 0 Å². The highest BCUT2D eigenvalue weighted by atomic mass is 32.2. The van der Waals surface area contributed by atoms with Gasteiger partial charge < -0.3 is 20.3 Å². The Labute approximate surface area is 193 Å². The third-order valence-electron chi connectivity index (χ3n) is 4.77. The van der Waals surface area contributed by atoms with Gasteiger partial charge in [-0.3, -0.25) is 4.72 Å². The van der Waals surface area contributed by atoms with Crippen LogP contribution in [-0.2, 0) is 10.0 Å². The number of nitrogens with zero attached hydrogens (tertiary/aromatic N) is 1. The van der Waals surface area contributed by atoms with E-state index in [1.807, 2.05) is 42.5 Å². The molecule has 0 fully saturated rings. The zero-order valence-corrected chi connectivity index (χ0v) is 18.8. The van der Waals surface area contributed by atoms with Crippen LogP contribution in [0.2, 0.25) is 0 Å². The number of phenols is 1. The van der Waals surface area contributed by atoms with Gasteiger partial charge in [0.2, 0.25) is 10.0 Å². The second-order valence-corrected chi connectivity index (χ2v) is 9.18. The standard InChI is InChI=1S/C24H25N3O5S/c1-33(30,31)27-22-14-20(7-10-23(22)28)24(29)16-26-11-12-32-21-8-5-18(6-9-21)19-4-2-3-17(13-19)15-25/h2-10,13-14,24,26-29H,11-12,16H2,1H3/t24-/m0/s1. The van der Waals surface area contributed by atoms with Crippen LogP contribution in [0, 0.1) is 11.3 Å². The van der Waals surface area contributed by atoms with Crippen LogP contribution in [0.15, 0.2) is 66.7 Å². The molecule has 0 aliphatic rings. The first-order chi connectivity index (χ1) is 15.7. The van der Waals surface area contributed by atoms with Crippen molar-refractivity contribution in [1.29, 1.82) is 5.26 Å². The van der Waals surface area contributed by atoms with E-state index in [4.69, 9.17) is 10.00 Å². The third-order valence-corrected chi connectivity index (χ3v) is 5.36. The molecule has 1 atom stereocenters. The predicted octanol–water partition coefficient (Wildman–Crippen LogP) is 3.00. The number of nitrogens with one attached hydrogen (secondary N) is 2. The lowest BCUT2D eigenvalue weighted by atomic mass is 10.0. The van der Waals surface area contributed by atoms with Gasteiger partial charge in [-0.05, 0) is 53.1 Å². The molecular formula is C24H25N3O5S. The summed E-state index contributed by atoms with van der Waals surface area (Å²) < 4.78 is 30.7. The highest BCUT2D eigenvalue weighted by Gasteiger charge is 2.13. The molecule has 3 aromatic carbocycles. The van der Waals surface area contributed by atoms with Gasteiger partial charge in [0.15, 0.2) is 0 Å². The Hall–Kier alpha value is -3.58. The predicted molar refractivity (Wildman–Crippen MR) is 126 cm³/mol. The molecule has 8 nitrogen and oxygen atoms in total. The minimum atomic E-state index is -3.55. The van der Waals surface area contributed by atoms with Gasteiger partial charge in [0.1, 0.15) is 18.1 Å². The molecule has 0 unspecified atom stereocenters. The van der Waals surface area contributed by atoms with E-state index in [1.54, 1.807) is 6.07 Å². The lowest BCUT2D eigenvalue weighted by Crippen LogP contribution is -2.26. The first-order valence-electron chi connectivity index (χ1n) is 10.2. The van der Waals surface area contributed by atoms with E-state index in [1.165, 1.54) is 18.2 Å². The van der Waals surface area contributed by atoms with Gasteiger partial charge in [0, 0.05) is 13.1 Å². The summed E-state index contributed by atoms with van der Waals surface area (Å²) in [5.74, 6) is 0.481. The Bertz CT molecular complexity index is 1240. The minimum Gasteiger partial charge on any atom is -0.506 e. The number of aromatic hydroxyl groups is 1. The number of phenolic OH excluding ortho intramolecular Hbond substituents is 1. The average Bonchev–Trinajstić information content (AvgIpc) is 2.79. The first kappa shape index (κ1) is 24.1. The van der Waals surface area contributed by atoms with E-state index in [2.05, 4.69) is 16.1 Å². The molecule has 9 heteroatoms. The van der Waals surface area contributed by atoms with Gasteiger partial charge in [-0.25, -0.2) is 8.42 Å². The molecule has 0 aliphatic heterocycles. The van der Waals surface area contributed by atoms with Crippen molar-refractivity contribution >= 4 is 15.7 Å². The third kappa shape index (κ3) is 7.22. The second kappa shape index (κ2) is 10.8. The summed E-state index contributed by atoms with van der Waals surface area (Å²) in [5.41, 5.74) is 3.03. The fourth-order valence-electron chi connectivity index (χ4n) is 3.15. The molecule has 0 saturated heterocycles. The van der Waals surface area contributed by atoms with Crippen molar-refractivity contribution in [2.45, 2.75) is 6.10 Å². The van der Waals surface area contributed by atoms with E-state index in [0.717, 1.165) is 17.4 Å². The van der Waals surface area contributed by atoms with Crippen molar-refractivity contribution in [3.05, 3.63) is 77.9 Å². The van der Waals surface area contributed by atoms with Gasteiger partial charge in [0.25, 0.3) is 0 Å². The fourth-order valence-corrected chi connectivity index (χ4v) is 3.71. The lowest BCUT2D eigenvalue weighted by molar-refractivity contribution is 0.172. The van der Waals surface area contributed by atoms with Crippen LogP contribution in [-0.4, -0.2) is 44.6 Å². The molecule has 0 saturated carbocycles. The number of aliphatic hydroxyl groups is 1. The van der Waals surface area contributed by atoms with Crippen LogP contribution in [0.3, 0.4) is 0 Å². The maximum absolute atomic E-state index is 11.4. The molecule has 172 valence electrons. The Kier molecular flexibility index (Phi) is 7.90. The second-order valence-electron chi connectivity index (χ2n) is 7.44. The van der Waals surface area contributed by atoms with E-state index in [0.29, 0.717) is 30.0 Å². The van der Waals surface area contributed by atoms with Gasteiger partial charge in [0.05, 0.1) is 29.7 Å². The maximum Gasteiger partial charge on any atom is 0.229 e. The smallest absolute Gasteiger partial charge is 0.229 e. The monoisotopic (exact) mass is 467 g/mol. The maximum atomic E-state index is 11.4. The van der Waals surface area contributed by atoms with Crippen LogP contribution in [0.5, 0.6) is 11.5 Å². The molecular weight excluding hydrogens is 442 g/mol. The van der Waals surface area contributed by atoms with Gasteiger partial charge in [-0.2, -0.15) is 5.26 Å². The highest BCUT2D eigenvalue weighted by molar-refractivity contribution is 7.92. The van der Waals surface area contributed by atoms with E-state index in [9.17, 15) is 18.6 Å². The number of hydrogen-bond donors (Lipinski definition) is 4. The van der Waals surface area contributed by atoms with Gasteiger partial charge in [-0.15, -0.1) is 0 Å². The molecule has 3 rings (SSSR count). The summed E-state index contributed by atoms with van der Waals surface area (Å²) in [7, 11) is -3.55. The highest BCUT2D eigenvalue weighted by Crippen LogP contribution is 2.28. The minimum absolute atomic E-state index is 0.0141. The summed E-state index contributed by atoms with van der Waals surface area (Å²) >= 11 is 0. The van der Waals surface area contributed by atoms with Crippen molar-refractivity contribution in [2.75, 3.05) is 30.7 Å². The zero-order valence-electron chi connectivity index (χ0n) is 18.0. The molecule has 3 aromatic rings. The SMILES string of the molecule is CS(=O)(=O)Nc1cc([C@@H](O)CNCCOc2ccc(-c3cccc(C#N)c3)cc2)ccc1O. The number of sulfonamides is 1. The Morgan fingerprint density at radius 2 is 1.82 bits per heavy atom. The number of benzene rings is 3. The van der Waals surface area contributed by atoms with Crippen LogP contribution in [0.1, 0.15) is 17.2 Å². The Morgan fingerprint density at radius 3 is 2.52 bits per heavy atom. The van der Waals surface area contributed by atoms with Gasteiger partial charge in [-0.1, -0.05) is 30.3 Å². The largest absolute Gasteiger partial charge is 0.506 e. The molecule has 0 radical (unpaired) electrons. The summed E-state index contributed by atoms with van der Waals surface area (Å²) in [5, 5.41) is 32.2. The molecule has 4 N–H and O–H groups in total. The van der Waals surface area contributed by atoms with Crippen molar-refractivity contribution in [3.63, 3.8) is 0 Å². The molecule has 33 heavy (non-hydrogen) atoms. The Morgan fingerprint density at radius 1 is 1.06 bits per heavy atom. The van der Waals surface area contributed by atoms with Crippen LogP contribution >= 0.6 is 0 Å². The number of nitriles is 1. The van der Waals surface area contributed by atoms with Crippen molar-refractivity contribution < 1.29 is 23.4 Å². The number of rotatable bonds is 10. The summed E-state index contributed by atoms with van der Waals surface area (Å²) in [4.78, 5) is 0. The molecule has 0 aliphatic carbocycles. The number of hydrogen-bond acceptors (Lipinski definition) is 7. The van der Waals surface area contributed by atoms with Crippen molar-refractivity contribution in [1.82, 2.24) is 5.32 Å². The molecule has 0 amide bonds. The van der Waals surface area contributed by atoms with E-state index < -0.39 is 16.1 Å². The number of anilines is 1. The fraction of sp³-hybridized carbons (Fsp3) is 0.208. The molecule has 0 aromatic heterocycles. The van der Waals surface area contributed by atoms with E-state index >= 15 is 0 Å². The van der Waals surface area contributed by atoms with Crippen LogP contribution in [0.25, 0.3) is 11.1 Å².